The third-order valence-electron chi connectivity index (χ3n) is 4.16. The summed E-state index contributed by atoms with van der Waals surface area (Å²) in [5.74, 6) is 0.271. The molecule has 0 aromatic carbocycles. The molecule has 1 atom stereocenters. The van der Waals surface area contributed by atoms with E-state index in [0.29, 0.717) is 18.0 Å². The maximum absolute atomic E-state index is 12.2. The van der Waals surface area contributed by atoms with Crippen LogP contribution in [0.2, 0.25) is 0 Å². The highest BCUT2D eigenvalue weighted by Crippen LogP contribution is 2.31. The second kappa shape index (κ2) is 6.22. The van der Waals surface area contributed by atoms with E-state index < -0.39 is 0 Å². The summed E-state index contributed by atoms with van der Waals surface area (Å²) < 4.78 is 5.92. The monoisotopic (exact) mass is 277 g/mol. The number of pyridine rings is 1. The van der Waals surface area contributed by atoms with Gasteiger partial charge in [0.15, 0.2) is 0 Å². The van der Waals surface area contributed by atoms with Crippen molar-refractivity contribution in [3.8, 4) is 0 Å². The normalized spacial score (nSPS) is 21.4. The largest absolute Gasteiger partial charge is 0.384 e. The van der Waals surface area contributed by atoms with E-state index in [1.807, 2.05) is 0 Å². The molecule has 3 N–H and O–H groups in total. The molecule has 0 radical (unpaired) electrons. The van der Waals surface area contributed by atoms with Crippen molar-refractivity contribution in [2.24, 2.45) is 0 Å². The maximum Gasteiger partial charge on any atom is 0.251 e. The maximum atomic E-state index is 12.2. The Kier molecular flexibility index (Phi) is 4.60. The zero-order chi connectivity index (χ0) is 14.6. The molecule has 1 aromatic heterocycles. The quantitative estimate of drug-likeness (QED) is 0.884. The van der Waals surface area contributed by atoms with Gasteiger partial charge in [-0.05, 0) is 37.8 Å². The SMILES string of the molecule is CCC1(CC)CC(NC(=O)c2ccnc(N)c2)CCO1. The third kappa shape index (κ3) is 3.28. The molecule has 0 aliphatic carbocycles. The van der Waals surface area contributed by atoms with Crippen LogP contribution in [-0.4, -0.2) is 29.1 Å². The van der Waals surface area contributed by atoms with Crippen LogP contribution in [0.5, 0.6) is 0 Å². The number of anilines is 1. The Morgan fingerprint density at radius 3 is 2.95 bits per heavy atom. The van der Waals surface area contributed by atoms with Crippen molar-refractivity contribution >= 4 is 11.7 Å². The van der Waals surface area contributed by atoms with Crippen molar-refractivity contribution in [2.75, 3.05) is 12.3 Å². The minimum Gasteiger partial charge on any atom is -0.384 e. The smallest absolute Gasteiger partial charge is 0.251 e. The molecule has 0 saturated carbocycles. The van der Waals surface area contributed by atoms with Crippen molar-refractivity contribution in [1.82, 2.24) is 10.3 Å². The molecule has 2 heterocycles. The van der Waals surface area contributed by atoms with E-state index in [4.69, 9.17) is 10.5 Å². The van der Waals surface area contributed by atoms with Gasteiger partial charge in [0.05, 0.1) is 5.60 Å². The molecule has 1 aliphatic heterocycles. The van der Waals surface area contributed by atoms with E-state index in [0.717, 1.165) is 25.7 Å². The molecule has 1 saturated heterocycles. The van der Waals surface area contributed by atoms with E-state index in [1.54, 1.807) is 18.3 Å². The summed E-state index contributed by atoms with van der Waals surface area (Å²) in [5.41, 5.74) is 6.07. The lowest BCUT2D eigenvalue weighted by molar-refractivity contribution is -0.0917. The van der Waals surface area contributed by atoms with Crippen LogP contribution in [0.25, 0.3) is 0 Å². The number of nitrogens with zero attached hydrogens (tertiary/aromatic N) is 1. The Hall–Kier alpha value is -1.62. The Morgan fingerprint density at radius 1 is 1.55 bits per heavy atom. The minimum atomic E-state index is -0.0906. The predicted molar refractivity (Wildman–Crippen MR) is 78.4 cm³/mol. The van der Waals surface area contributed by atoms with Gasteiger partial charge in [-0.3, -0.25) is 4.79 Å². The standard InChI is InChI=1S/C15H23N3O2/c1-3-15(4-2)10-12(6-8-20-15)18-14(19)11-5-7-17-13(16)9-11/h5,7,9,12H,3-4,6,8,10H2,1-2H3,(H2,16,17)(H,18,19). The first kappa shape index (κ1) is 14.8. The highest BCUT2D eigenvalue weighted by Gasteiger charge is 2.35. The van der Waals surface area contributed by atoms with Gasteiger partial charge in [0.1, 0.15) is 5.82 Å². The van der Waals surface area contributed by atoms with Crippen LogP contribution >= 0.6 is 0 Å². The molecule has 5 heteroatoms. The highest BCUT2D eigenvalue weighted by molar-refractivity contribution is 5.94. The predicted octanol–water partition coefficient (Wildman–Crippen LogP) is 2.13. The number of nitrogens with two attached hydrogens (primary N) is 1. The lowest BCUT2D eigenvalue weighted by Crippen LogP contribution is -2.48. The Morgan fingerprint density at radius 2 is 2.30 bits per heavy atom. The number of nitrogen functional groups attached to an aromatic ring is 1. The Labute approximate surface area is 119 Å². The summed E-state index contributed by atoms with van der Waals surface area (Å²) in [6.45, 7) is 4.97. The number of ether oxygens (including phenoxy) is 1. The van der Waals surface area contributed by atoms with E-state index in [9.17, 15) is 4.79 Å². The number of hydrogen-bond donors (Lipinski definition) is 2. The van der Waals surface area contributed by atoms with Gasteiger partial charge in [0, 0.05) is 24.4 Å². The van der Waals surface area contributed by atoms with Crippen molar-refractivity contribution in [2.45, 2.75) is 51.2 Å². The second-order valence-electron chi connectivity index (χ2n) is 5.37. The van der Waals surface area contributed by atoms with Crippen LogP contribution in [0.3, 0.4) is 0 Å². The molecular weight excluding hydrogens is 254 g/mol. The molecule has 1 aromatic rings. The fourth-order valence-corrected chi connectivity index (χ4v) is 2.75. The van der Waals surface area contributed by atoms with Crippen LogP contribution in [-0.2, 0) is 4.74 Å². The van der Waals surface area contributed by atoms with Crippen molar-refractivity contribution in [3.05, 3.63) is 23.9 Å². The van der Waals surface area contributed by atoms with E-state index in [1.165, 1.54) is 0 Å². The average Bonchev–Trinajstić information content (AvgIpc) is 2.47. The van der Waals surface area contributed by atoms with Gasteiger partial charge in [-0.1, -0.05) is 13.8 Å². The molecule has 1 unspecified atom stereocenters. The van der Waals surface area contributed by atoms with Gasteiger partial charge in [0.25, 0.3) is 5.91 Å². The number of rotatable bonds is 4. The molecule has 0 bridgehead atoms. The molecule has 2 rings (SSSR count). The first-order valence-electron chi connectivity index (χ1n) is 7.25. The van der Waals surface area contributed by atoms with E-state index in [2.05, 4.69) is 24.1 Å². The number of amides is 1. The second-order valence-corrected chi connectivity index (χ2v) is 5.37. The van der Waals surface area contributed by atoms with Crippen LogP contribution in [0.4, 0.5) is 5.82 Å². The number of nitrogens with one attached hydrogen (secondary N) is 1. The first-order valence-corrected chi connectivity index (χ1v) is 7.25. The van der Waals surface area contributed by atoms with Gasteiger partial charge < -0.3 is 15.8 Å². The third-order valence-corrected chi connectivity index (χ3v) is 4.16. The fraction of sp³-hybridized carbons (Fsp3) is 0.600. The molecule has 1 amide bonds. The van der Waals surface area contributed by atoms with Gasteiger partial charge in [-0.25, -0.2) is 4.98 Å². The number of carbonyl (C=O) groups excluding carboxylic acids is 1. The van der Waals surface area contributed by atoms with Crippen LogP contribution in [0.1, 0.15) is 49.9 Å². The zero-order valence-electron chi connectivity index (χ0n) is 12.2. The number of carbonyl (C=O) groups is 1. The first-order chi connectivity index (χ1) is 9.58. The van der Waals surface area contributed by atoms with Gasteiger partial charge in [-0.2, -0.15) is 0 Å². The summed E-state index contributed by atoms with van der Waals surface area (Å²) in [5, 5.41) is 3.08. The minimum absolute atomic E-state index is 0.0898. The Bertz CT molecular complexity index is 472. The molecule has 1 fully saturated rings. The van der Waals surface area contributed by atoms with Gasteiger partial charge >= 0.3 is 0 Å². The summed E-state index contributed by atoms with van der Waals surface area (Å²) in [6.07, 6.45) is 5.22. The molecule has 0 spiro atoms. The van der Waals surface area contributed by atoms with Crippen molar-refractivity contribution in [3.63, 3.8) is 0 Å². The number of hydrogen-bond acceptors (Lipinski definition) is 4. The summed E-state index contributed by atoms with van der Waals surface area (Å²) >= 11 is 0. The fourth-order valence-electron chi connectivity index (χ4n) is 2.75. The van der Waals surface area contributed by atoms with Crippen LogP contribution in [0.15, 0.2) is 18.3 Å². The highest BCUT2D eigenvalue weighted by atomic mass is 16.5. The van der Waals surface area contributed by atoms with Crippen molar-refractivity contribution < 1.29 is 9.53 Å². The summed E-state index contributed by atoms with van der Waals surface area (Å²) in [7, 11) is 0. The van der Waals surface area contributed by atoms with Gasteiger partial charge in [0.2, 0.25) is 0 Å². The van der Waals surface area contributed by atoms with Crippen LogP contribution in [0, 0.1) is 0 Å². The molecule has 20 heavy (non-hydrogen) atoms. The van der Waals surface area contributed by atoms with Gasteiger partial charge in [-0.15, -0.1) is 0 Å². The molecule has 110 valence electrons. The summed E-state index contributed by atoms with van der Waals surface area (Å²) in [4.78, 5) is 16.1. The zero-order valence-corrected chi connectivity index (χ0v) is 12.2. The number of aromatic nitrogens is 1. The molecule has 1 aliphatic rings. The molecular formula is C15H23N3O2. The van der Waals surface area contributed by atoms with E-state index >= 15 is 0 Å². The van der Waals surface area contributed by atoms with E-state index in [-0.39, 0.29) is 17.6 Å². The lowest BCUT2D eigenvalue weighted by atomic mass is 9.86. The summed E-state index contributed by atoms with van der Waals surface area (Å²) in [6, 6.07) is 3.44. The lowest BCUT2D eigenvalue weighted by Gasteiger charge is -2.40. The topological polar surface area (TPSA) is 77.2 Å². The van der Waals surface area contributed by atoms with Crippen LogP contribution < -0.4 is 11.1 Å². The molecule has 5 nitrogen and oxygen atoms in total. The Balaban J connectivity index is 2.01. The van der Waals surface area contributed by atoms with Crippen molar-refractivity contribution in [1.29, 1.82) is 0 Å². The average molecular weight is 277 g/mol.